The average Bonchev–Trinajstić information content (AvgIpc) is 3.38. The van der Waals surface area contributed by atoms with Crippen molar-refractivity contribution in [2.24, 2.45) is 11.3 Å². The van der Waals surface area contributed by atoms with Crippen molar-refractivity contribution in [1.82, 2.24) is 20.4 Å². The Hall–Kier alpha value is -4.63. The Morgan fingerprint density at radius 1 is 0.863 bits per heavy atom. The number of hydrogen-bond acceptors (Lipinski definition) is 10. The van der Waals surface area contributed by atoms with E-state index < -0.39 is 59.5 Å². The van der Waals surface area contributed by atoms with Crippen LogP contribution in [0, 0.1) is 11.3 Å². The molecule has 1 aromatic rings. The highest BCUT2D eigenvalue weighted by atomic mass is 16.5. The molecule has 0 aliphatic carbocycles. The van der Waals surface area contributed by atoms with Gasteiger partial charge in [-0.25, -0.2) is 0 Å². The van der Waals surface area contributed by atoms with Gasteiger partial charge in [0.05, 0.1) is 12.0 Å². The lowest BCUT2D eigenvalue weighted by atomic mass is 9.97. The minimum absolute atomic E-state index is 0.0474. The van der Waals surface area contributed by atoms with E-state index >= 15 is 0 Å². The van der Waals surface area contributed by atoms with Gasteiger partial charge in [-0.1, -0.05) is 19.9 Å². The van der Waals surface area contributed by atoms with Gasteiger partial charge in [-0.15, -0.1) is 0 Å². The number of methoxy groups -OCH3 is 2. The third kappa shape index (κ3) is 13.9. The number of esters is 1. The van der Waals surface area contributed by atoms with Crippen LogP contribution < -0.4 is 16.0 Å². The van der Waals surface area contributed by atoms with Crippen LogP contribution >= 0.6 is 0 Å². The van der Waals surface area contributed by atoms with Crippen LogP contribution in [0.2, 0.25) is 0 Å². The van der Waals surface area contributed by atoms with Gasteiger partial charge in [-0.2, -0.15) is 0 Å². The summed E-state index contributed by atoms with van der Waals surface area (Å²) in [6, 6.07) is 3.34. The predicted octanol–water partition coefficient (Wildman–Crippen LogP) is 1.73. The molecule has 1 aliphatic heterocycles. The van der Waals surface area contributed by atoms with Gasteiger partial charge < -0.3 is 35.1 Å². The molecule has 15 nitrogen and oxygen atoms in total. The SMILES string of the molecule is COCCCc1cc(NC(=O)[C@H](C)NC(=O)[C@@H](NC(=O)CCN(CCOC)C(=O)CN2C(=O)C=CC2=O)C(C)C)ccc1COC(=O)C(C)(C)C. The number of aryl methyl sites for hydroxylation is 1. The van der Waals surface area contributed by atoms with Gasteiger partial charge in [0.2, 0.25) is 23.6 Å². The first kappa shape index (κ1) is 42.5. The number of carbonyl (C=O) groups excluding carboxylic acids is 7. The average molecular weight is 716 g/mol. The predicted molar refractivity (Wildman–Crippen MR) is 188 cm³/mol. The zero-order valence-corrected chi connectivity index (χ0v) is 31.0. The number of hydrogen-bond donors (Lipinski definition) is 3. The van der Waals surface area contributed by atoms with Crippen molar-refractivity contribution in [3.63, 3.8) is 0 Å². The Kier molecular flexibility index (Phi) is 16.9. The molecule has 2 atom stereocenters. The fourth-order valence-corrected chi connectivity index (χ4v) is 4.87. The second kappa shape index (κ2) is 20.3. The van der Waals surface area contributed by atoms with Crippen LogP contribution in [0.5, 0.6) is 0 Å². The Morgan fingerprint density at radius 3 is 2.10 bits per heavy atom. The summed E-state index contributed by atoms with van der Waals surface area (Å²) in [5, 5.41) is 8.17. The molecule has 15 heteroatoms. The number of imide groups is 1. The standard InChI is InChI=1S/C36H53N5O10/c1-23(2)32(39-28(42)15-16-40(17-19-50-8)31(45)21-41-29(43)13-14-30(41)44)34(47)37-24(3)33(46)38-27-12-11-26(22-51-35(48)36(4,5)6)25(20-27)10-9-18-49-7/h11-14,20,23-24,32H,9-10,15-19,21-22H2,1-8H3,(H,37,47)(H,38,46)(H,39,42)/t24-,32-/m0/s1. The highest BCUT2D eigenvalue weighted by molar-refractivity contribution is 6.14. The second-order valence-corrected chi connectivity index (χ2v) is 13.6. The Balaban J connectivity index is 2.01. The molecule has 2 rings (SSSR count). The molecule has 1 heterocycles. The number of nitrogens with one attached hydrogen (secondary N) is 3. The van der Waals surface area contributed by atoms with Gasteiger partial charge in [0.15, 0.2) is 0 Å². The maximum atomic E-state index is 13.3. The van der Waals surface area contributed by atoms with Crippen LogP contribution in [0.25, 0.3) is 0 Å². The first-order valence-corrected chi connectivity index (χ1v) is 17.0. The van der Waals surface area contributed by atoms with E-state index in [1.807, 2.05) is 0 Å². The lowest BCUT2D eigenvalue weighted by Gasteiger charge is -2.26. The third-order valence-corrected chi connectivity index (χ3v) is 7.98. The van der Waals surface area contributed by atoms with Gasteiger partial charge in [0.1, 0.15) is 25.2 Å². The number of carbonyl (C=O) groups is 7. The Labute approximate surface area is 299 Å². The molecule has 0 saturated carbocycles. The molecule has 0 unspecified atom stereocenters. The monoisotopic (exact) mass is 715 g/mol. The summed E-state index contributed by atoms with van der Waals surface area (Å²) in [6.07, 6.45) is 3.33. The van der Waals surface area contributed by atoms with E-state index in [0.717, 1.165) is 28.2 Å². The van der Waals surface area contributed by atoms with Crippen molar-refractivity contribution in [3.05, 3.63) is 41.5 Å². The second-order valence-electron chi connectivity index (χ2n) is 13.6. The van der Waals surface area contributed by atoms with E-state index in [9.17, 15) is 33.6 Å². The number of rotatable bonds is 20. The summed E-state index contributed by atoms with van der Waals surface area (Å²) in [5.74, 6) is -3.96. The molecule has 0 radical (unpaired) electrons. The number of anilines is 1. The number of nitrogens with zero attached hydrogens (tertiary/aromatic N) is 2. The largest absolute Gasteiger partial charge is 0.460 e. The van der Waals surface area contributed by atoms with Crippen LogP contribution in [-0.2, 0) is 60.8 Å². The lowest BCUT2D eigenvalue weighted by Crippen LogP contribution is -2.54. The molecule has 1 aromatic carbocycles. The molecule has 1 aliphatic rings. The normalized spacial score (nSPS) is 13.9. The molecule has 0 aromatic heterocycles. The van der Waals surface area contributed by atoms with Crippen LogP contribution in [0.3, 0.4) is 0 Å². The fraction of sp³-hybridized carbons (Fsp3) is 0.583. The quantitative estimate of drug-likeness (QED) is 0.102. The van der Waals surface area contributed by atoms with Gasteiger partial charge in [-0.3, -0.25) is 38.5 Å². The van der Waals surface area contributed by atoms with Gasteiger partial charge in [0, 0.05) is 58.2 Å². The van der Waals surface area contributed by atoms with Gasteiger partial charge in [-0.05, 0) is 69.7 Å². The smallest absolute Gasteiger partial charge is 0.311 e. The van der Waals surface area contributed by atoms with Crippen molar-refractivity contribution in [2.45, 2.75) is 79.5 Å². The molecule has 6 amide bonds. The first-order chi connectivity index (χ1) is 24.0. The van der Waals surface area contributed by atoms with Crippen molar-refractivity contribution >= 4 is 47.1 Å². The number of amides is 6. The highest BCUT2D eigenvalue weighted by Crippen LogP contribution is 2.22. The zero-order valence-electron chi connectivity index (χ0n) is 31.0. The summed E-state index contributed by atoms with van der Waals surface area (Å²) in [5.41, 5.74) is 1.53. The van der Waals surface area contributed by atoms with Crippen LogP contribution in [0.1, 0.15) is 65.5 Å². The molecule has 0 saturated heterocycles. The number of benzene rings is 1. The molecule has 3 N–H and O–H groups in total. The van der Waals surface area contributed by atoms with Crippen LogP contribution in [0.4, 0.5) is 5.69 Å². The van der Waals surface area contributed by atoms with E-state index in [1.54, 1.807) is 59.9 Å². The third-order valence-electron chi connectivity index (χ3n) is 7.98. The Bertz CT molecular complexity index is 1430. The first-order valence-electron chi connectivity index (χ1n) is 17.0. The summed E-state index contributed by atoms with van der Waals surface area (Å²) < 4.78 is 15.8. The van der Waals surface area contributed by atoms with E-state index in [-0.39, 0.29) is 44.6 Å². The van der Waals surface area contributed by atoms with Crippen molar-refractivity contribution < 1.29 is 47.8 Å². The van der Waals surface area contributed by atoms with E-state index in [1.165, 1.54) is 18.9 Å². The fourth-order valence-electron chi connectivity index (χ4n) is 4.87. The van der Waals surface area contributed by atoms with E-state index in [2.05, 4.69) is 16.0 Å². The molecule has 0 spiro atoms. The van der Waals surface area contributed by atoms with Crippen molar-refractivity contribution in [2.75, 3.05) is 52.4 Å². The number of ether oxygens (including phenoxy) is 3. The minimum atomic E-state index is -0.982. The minimum Gasteiger partial charge on any atom is -0.460 e. The topological polar surface area (TPSA) is 190 Å². The van der Waals surface area contributed by atoms with Crippen molar-refractivity contribution in [1.29, 1.82) is 0 Å². The molecule has 0 fully saturated rings. The molecular weight excluding hydrogens is 662 g/mol. The summed E-state index contributed by atoms with van der Waals surface area (Å²) in [7, 11) is 3.06. The van der Waals surface area contributed by atoms with Gasteiger partial charge in [0.25, 0.3) is 11.8 Å². The summed E-state index contributed by atoms with van der Waals surface area (Å²) >= 11 is 0. The maximum Gasteiger partial charge on any atom is 0.311 e. The lowest BCUT2D eigenvalue weighted by molar-refractivity contribution is -0.154. The van der Waals surface area contributed by atoms with Crippen LogP contribution in [-0.4, -0.2) is 110 Å². The Morgan fingerprint density at radius 2 is 1.51 bits per heavy atom. The van der Waals surface area contributed by atoms with E-state index in [4.69, 9.17) is 14.2 Å². The summed E-state index contributed by atoms with van der Waals surface area (Å²) in [4.78, 5) is 90.5. The molecule has 51 heavy (non-hydrogen) atoms. The molecule has 282 valence electrons. The van der Waals surface area contributed by atoms with Gasteiger partial charge >= 0.3 is 5.97 Å². The van der Waals surface area contributed by atoms with E-state index in [0.29, 0.717) is 25.1 Å². The molecule has 0 bridgehead atoms. The highest BCUT2D eigenvalue weighted by Gasteiger charge is 2.30. The van der Waals surface area contributed by atoms with Crippen LogP contribution in [0.15, 0.2) is 30.4 Å². The maximum absolute atomic E-state index is 13.3. The zero-order chi connectivity index (χ0) is 38.3. The summed E-state index contributed by atoms with van der Waals surface area (Å²) in [6.45, 7) is 10.7. The van der Waals surface area contributed by atoms with Crippen molar-refractivity contribution in [3.8, 4) is 0 Å². The molecular formula is C36H53N5O10.